The molecule has 3 saturated carbocycles. The molecule has 0 saturated heterocycles. The molecule has 122 valence electrons. The maximum Gasteiger partial charge on any atom is 0.0337 e. The lowest BCUT2D eigenvalue weighted by Crippen LogP contribution is -2.60. The minimum atomic E-state index is 0.338. The zero-order valence-electron chi connectivity index (χ0n) is 14.3. The third kappa shape index (κ3) is 3.47. The molecule has 0 aromatic carbocycles. The summed E-state index contributed by atoms with van der Waals surface area (Å²) in [5, 5.41) is 0. The summed E-state index contributed by atoms with van der Waals surface area (Å²) in [4.78, 5) is 2.92. The molecule has 3 aliphatic carbocycles. The number of rotatable bonds is 6. The van der Waals surface area contributed by atoms with Gasteiger partial charge in [-0.15, -0.1) is 0 Å². The van der Waals surface area contributed by atoms with Crippen molar-refractivity contribution in [3.8, 4) is 0 Å². The maximum absolute atomic E-state index is 6.42. The Kier molecular flexibility index (Phi) is 4.95. The average Bonchev–Trinajstić information content (AvgIpc) is 3.20. The second-order valence-corrected chi connectivity index (χ2v) is 8.61. The van der Waals surface area contributed by atoms with E-state index < -0.39 is 0 Å². The zero-order valence-corrected chi connectivity index (χ0v) is 14.3. The SMILES string of the molecule is CC(C)CN(C1CCCC1)C1(CN)CCCC(C2CC2)C1. The fourth-order valence-corrected chi connectivity index (χ4v) is 5.26. The van der Waals surface area contributed by atoms with Gasteiger partial charge in [-0.25, -0.2) is 0 Å². The van der Waals surface area contributed by atoms with Crippen LogP contribution in [0.3, 0.4) is 0 Å². The quantitative estimate of drug-likeness (QED) is 0.795. The van der Waals surface area contributed by atoms with Crippen molar-refractivity contribution in [3.05, 3.63) is 0 Å². The number of hydrogen-bond acceptors (Lipinski definition) is 2. The first-order chi connectivity index (χ1) is 10.1. The lowest BCUT2D eigenvalue weighted by molar-refractivity contribution is -0.00845. The van der Waals surface area contributed by atoms with E-state index in [4.69, 9.17) is 5.73 Å². The molecule has 2 unspecified atom stereocenters. The standard InChI is InChI=1S/C19H36N2/c1-15(2)13-21(18-7-3-4-8-18)19(14-20)11-5-6-17(12-19)16-9-10-16/h15-18H,3-14,20H2,1-2H3. The molecule has 0 aromatic heterocycles. The van der Waals surface area contributed by atoms with Gasteiger partial charge in [-0.3, -0.25) is 4.90 Å². The van der Waals surface area contributed by atoms with Crippen LogP contribution in [0.25, 0.3) is 0 Å². The molecule has 0 amide bonds. The van der Waals surface area contributed by atoms with Crippen molar-refractivity contribution in [1.29, 1.82) is 0 Å². The van der Waals surface area contributed by atoms with Crippen molar-refractivity contribution in [2.75, 3.05) is 13.1 Å². The third-order valence-corrected chi connectivity index (χ3v) is 6.46. The molecule has 3 fully saturated rings. The van der Waals surface area contributed by atoms with Gasteiger partial charge in [-0.05, 0) is 56.3 Å². The Balaban J connectivity index is 1.78. The van der Waals surface area contributed by atoms with Crippen molar-refractivity contribution in [3.63, 3.8) is 0 Å². The van der Waals surface area contributed by atoms with Gasteiger partial charge < -0.3 is 5.73 Å². The minimum absolute atomic E-state index is 0.338. The zero-order chi connectivity index (χ0) is 14.9. The predicted octanol–water partition coefficient (Wildman–Crippen LogP) is 4.18. The number of nitrogens with zero attached hydrogens (tertiary/aromatic N) is 1. The maximum atomic E-state index is 6.42. The van der Waals surface area contributed by atoms with Crippen LogP contribution in [0.2, 0.25) is 0 Å². The van der Waals surface area contributed by atoms with E-state index >= 15 is 0 Å². The van der Waals surface area contributed by atoms with E-state index in [1.807, 2.05) is 0 Å². The van der Waals surface area contributed by atoms with E-state index in [2.05, 4.69) is 18.7 Å². The van der Waals surface area contributed by atoms with Crippen LogP contribution in [-0.2, 0) is 0 Å². The Morgan fingerprint density at radius 2 is 1.71 bits per heavy atom. The number of hydrogen-bond donors (Lipinski definition) is 1. The Morgan fingerprint density at radius 1 is 1.00 bits per heavy atom. The molecule has 0 aromatic rings. The lowest BCUT2D eigenvalue weighted by Gasteiger charge is -2.51. The van der Waals surface area contributed by atoms with Gasteiger partial charge in [0, 0.05) is 24.7 Å². The normalized spacial score (nSPS) is 35.0. The van der Waals surface area contributed by atoms with E-state index in [1.165, 1.54) is 70.8 Å². The molecule has 2 nitrogen and oxygen atoms in total. The van der Waals surface area contributed by atoms with E-state index in [0.29, 0.717) is 5.54 Å². The molecular formula is C19H36N2. The highest BCUT2D eigenvalue weighted by Gasteiger charge is 2.46. The van der Waals surface area contributed by atoms with Crippen LogP contribution in [0.5, 0.6) is 0 Å². The van der Waals surface area contributed by atoms with Crippen molar-refractivity contribution in [1.82, 2.24) is 4.90 Å². The van der Waals surface area contributed by atoms with Crippen LogP contribution in [0.15, 0.2) is 0 Å². The second kappa shape index (κ2) is 6.58. The van der Waals surface area contributed by atoms with Gasteiger partial charge in [0.25, 0.3) is 0 Å². The summed E-state index contributed by atoms with van der Waals surface area (Å²) in [6, 6.07) is 0.828. The van der Waals surface area contributed by atoms with Gasteiger partial charge in [-0.1, -0.05) is 39.5 Å². The van der Waals surface area contributed by atoms with Crippen molar-refractivity contribution in [2.45, 2.75) is 89.6 Å². The molecule has 2 atom stereocenters. The first-order valence-electron chi connectivity index (χ1n) is 9.61. The van der Waals surface area contributed by atoms with E-state index in [0.717, 1.165) is 30.3 Å². The largest absolute Gasteiger partial charge is 0.329 e. The summed E-state index contributed by atoms with van der Waals surface area (Å²) >= 11 is 0. The molecule has 0 heterocycles. The highest BCUT2D eigenvalue weighted by Crippen LogP contribution is 2.49. The molecule has 2 N–H and O–H groups in total. The van der Waals surface area contributed by atoms with Crippen LogP contribution in [0.1, 0.15) is 78.1 Å². The van der Waals surface area contributed by atoms with Crippen LogP contribution < -0.4 is 5.73 Å². The molecule has 21 heavy (non-hydrogen) atoms. The van der Waals surface area contributed by atoms with Gasteiger partial charge in [0.1, 0.15) is 0 Å². The van der Waals surface area contributed by atoms with E-state index in [1.54, 1.807) is 0 Å². The van der Waals surface area contributed by atoms with Crippen molar-refractivity contribution >= 4 is 0 Å². The summed E-state index contributed by atoms with van der Waals surface area (Å²) in [6.07, 6.45) is 14.4. The molecule has 3 rings (SSSR count). The van der Waals surface area contributed by atoms with Crippen LogP contribution >= 0.6 is 0 Å². The van der Waals surface area contributed by atoms with Crippen LogP contribution in [-0.4, -0.2) is 29.6 Å². The first kappa shape index (κ1) is 15.8. The smallest absolute Gasteiger partial charge is 0.0337 e. The Morgan fingerprint density at radius 3 is 2.29 bits per heavy atom. The van der Waals surface area contributed by atoms with Crippen molar-refractivity contribution in [2.24, 2.45) is 23.5 Å². The minimum Gasteiger partial charge on any atom is -0.329 e. The van der Waals surface area contributed by atoms with Crippen LogP contribution in [0, 0.1) is 17.8 Å². The molecule has 0 bridgehead atoms. The van der Waals surface area contributed by atoms with Crippen molar-refractivity contribution < 1.29 is 0 Å². The van der Waals surface area contributed by atoms with Gasteiger partial charge in [0.2, 0.25) is 0 Å². The number of nitrogens with two attached hydrogens (primary N) is 1. The van der Waals surface area contributed by atoms with E-state index in [9.17, 15) is 0 Å². The average molecular weight is 293 g/mol. The van der Waals surface area contributed by atoms with Crippen LogP contribution in [0.4, 0.5) is 0 Å². The van der Waals surface area contributed by atoms with Gasteiger partial charge in [-0.2, -0.15) is 0 Å². The topological polar surface area (TPSA) is 29.3 Å². The summed E-state index contributed by atoms with van der Waals surface area (Å²) in [5.74, 6) is 2.80. The second-order valence-electron chi connectivity index (χ2n) is 8.61. The molecule has 2 heteroatoms. The Hall–Kier alpha value is -0.0800. The third-order valence-electron chi connectivity index (χ3n) is 6.46. The fourth-order valence-electron chi connectivity index (χ4n) is 5.26. The van der Waals surface area contributed by atoms with E-state index in [-0.39, 0.29) is 0 Å². The highest BCUT2D eigenvalue weighted by molar-refractivity contribution is 5.02. The predicted molar refractivity (Wildman–Crippen MR) is 90.3 cm³/mol. The summed E-state index contributed by atoms with van der Waals surface area (Å²) < 4.78 is 0. The summed E-state index contributed by atoms with van der Waals surface area (Å²) in [7, 11) is 0. The molecule has 0 radical (unpaired) electrons. The van der Waals surface area contributed by atoms with Gasteiger partial charge in [0.05, 0.1) is 0 Å². The van der Waals surface area contributed by atoms with Gasteiger partial charge >= 0.3 is 0 Å². The first-order valence-corrected chi connectivity index (χ1v) is 9.61. The summed E-state index contributed by atoms with van der Waals surface area (Å²) in [6.45, 7) is 6.92. The Labute approximate surface area is 131 Å². The van der Waals surface area contributed by atoms with Gasteiger partial charge in [0.15, 0.2) is 0 Å². The highest BCUT2D eigenvalue weighted by atomic mass is 15.2. The monoisotopic (exact) mass is 292 g/mol. The molecule has 3 aliphatic rings. The summed E-state index contributed by atoms with van der Waals surface area (Å²) in [5.41, 5.74) is 6.76. The molecule has 0 aliphatic heterocycles. The Bertz CT molecular complexity index is 330. The lowest BCUT2D eigenvalue weighted by atomic mass is 9.72. The fraction of sp³-hybridized carbons (Fsp3) is 1.00. The molecular weight excluding hydrogens is 256 g/mol. The molecule has 0 spiro atoms.